The number of nitrogens with one attached hydrogen (secondary N) is 2. The number of benzene rings is 1. The van der Waals surface area contributed by atoms with Gasteiger partial charge in [-0.2, -0.15) is 10.5 Å². The Hall–Kier alpha value is -4.05. The largest absolute Gasteiger partial charge is 0.491 e. The minimum atomic E-state index is -0.0814. The lowest BCUT2D eigenvalue weighted by Gasteiger charge is -2.15. The molecule has 0 aliphatic heterocycles. The summed E-state index contributed by atoms with van der Waals surface area (Å²) in [5.74, 6) is 1.59. The van der Waals surface area contributed by atoms with E-state index >= 15 is 0 Å². The second kappa shape index (κ2) is 10.0. The number of hydrogen-bond acceptors (Lipinski definition) is 8. The van der Waals surface area contributed by atoms with Gasteiger partial charge in [-0.1, -0.05) is 12.1 Å². The summed E-state index contributed by atoms with van der Waals surface area (Å²) in [7, 11) is 1.70. The van der Waals surface area contributed by atoms with E-state index in [0.717, 1.165) is 16.6 Å². The van der Waals surface area contributed by atoms with E-state index in [1.165, 1.54) is 11.8 Å². The maximum Gasteiger partial charge on any atom is 0.145 e. The number of aromatic nitrogens is 3. The van der Waals surface area contributed by atoms with Crippen molar-refractivity contribution in [3.8, 4) is 29.0 Å². The van der Waals surface area contributed by atoms with E-state index in [2.05, 4.69) is 32.4 Å². The summed E-state index contributed by atoms with van der Waals surface area (Å²) in [5, 5.41) is 33.4. The third-order valence-corrected chi connectivity index (χ3v) is 6.07. The smallest absolute Gasteiger partial charge is 0.145 e. The maximum absolute atomic E-state index is 10.1. The molecule has 0 saturated carbocycles. The second-order valence-corrected chi connectivity index (χ2v) is 7.92. The number of pyridine rings is 2. The third-order valence-electron chi connectivity index (χ3n) is 5.04. The standard InChI is InChI=1S/C24H20N6O2S/c1-27-22-19(12-25)21(15-2-4-17(5-3-15)32-11-10-31)20(13-26)24(30-22)33-14-16-6-8-28-23-18(16)7-9-29-23/h2-9,31H,10-11,14H2,1H3,(H,27,30)(H,28,29). The van der Waals surface area contributed by atoms with Gasteiger partial charge in [0.25, 0.3) is 0 Å². The minimum absolute atomic E-state index is 0.0814. The lowest BCUT2D eigenvalue weighted by Crippen LogP contribution is -2.04. The van der Waals surface area contributed by atoms with Crippen molar-refractivity contribution in [2.75, 3.05) is 25.6 Å². The highest BCUT2D eigenvalue weighted by atomic mass is 32.2. The van der Waals surface area contributed by atoms with Crippen molar-refractivity contribution in [3.05, 3.63) is 65.5 Å². The summed E-state index contributed by atoms with van der Waals surface area (Å²) in [5.41, 5.74) is 3.76. The van der Waals surface area contributed by atoms with Crippen molar-refractivity contribution in [3.63, 3.8) is 0 Å². The number of aromatic amines is 1. The van der Waals surface area contributed by atoms with Gasteiger partial charge in [-0.05, 0) is 35.4 Å². The summed E-state index contributed by atoms with van der Waals surface area (Å²) in [4.78, 5) is 12.0. The number of aliphatic hydroxyl groups excluding tert-OH is 1. The van der Waals surface area contributed by atoms with Crippen LogP contribution in [0.25, 0.3) is 22.2 Å². The van der Waals surface area contributed by atoms with Crippen LogP contribution in [0, 0.1) is 22.7 Å². The molecule has 0 atom stereocenters. The summed E-state index contributed by atoms with van der Waals surface area (Å²) in [6.07, 6.45) is 3.59. The van der Waals surface area contributed by atoms with Crippen molar-refractivity contribution in [1.29, 1.82) is 10.5 Å². The van der Waals surface area contributed by atoms with Gasteiger partial charge in [0.1, 0.15) is 46.5 Å². The highest BCUT2D eigenvalue weighted by Crippen LogP contribution is 2.38. The number of aliphatic hydroxyl groups is 1. The highest BCUT2D eigenvalue weighted by molar-refractivity contribution is 7.98. The van der Waals surface area contributed by atoms with Gasteiger partial charge in [0.2, 0.25) is 0 Å². The molecule has 8 nitrogen and oxygen atoms in total. The fourth-order valence-electron chi connectivity index (χ4n) is 3.52. The summed E-state index contributed by atoms with van der Waals surface area (Å²) >= 11 is 1.44. The van der Waals surface area contributed by atoms with Crippen LogP contribution in [0.4, 0.5) is 5.82 Å². The zero-order valence-corrected chi connectivity index (χ0v) is 18.6. The topological polar surface area (TPSA) is 131 Å². The van der Waals surface area contributed by atoms with Crippen LogP contribution < -0.4 is 10.1 Å². The molecular formula is C24H20N6O2S. The van der Waals surface area contributed by atoms with Gasteiger partial charge in [-0.15, -0.1) is 11.8 Å². The second-order valence-electron chi connectivity index (χ2n) is 6.96. The van der Waals surface area contributed by atoms with Gasteiger partial charge in [0.15, 0.2) is 0 Å². The monoisotopic (exact) mass is 456 g/mol. The first-order valence-electron chi connectivity index (χ1n) is 10.1. The van der Waals surface area contributed by atoms with Crippen LogP contribution in [-0.2, 0) is 5.75 Å². The number of thioether (sulfide) groups is 1. The van der Waals surface area contributed by atoms with Gasteiger partial charge < -0.3 is 20.1 Å². The minimum Gasteiger partial charge on any atom is -0.491 e. The first kappa shape index (κ1) is 22.2. The van der Waals surface area contributed by atoms with E-state index in [0.29, 0.717) is 44.6 Å². The van der Waals surface area contributed by atoms with Gasteiger partial charge in [-0.25, -0.2) is 9.97 Å². The number of nitriles is 2. The Labute approximate surface area is 194 Å². The molecule has 0 amide bonds. The zero-order valence-electron chi connectivity index (χ0n) is 17.8. The Balaban J connectivity index is 1.76. The van der Waals surface area contributed by atoms with Crippen LogP contribution in [0.2, 0.25) is 0 Å². The number of anilines is 1. The fraction of sp³-hybridized carbons (Fsp3) is 0.167. The molecule has 3 heterocycles. The van der Waals surface area contributed by atoms with Crippen LogP contribution >= 0.6 is 11.8 Å². The lowest BCUT2D eigenvalue weighted by atomic mass is 9.96. The summed E-state index contributed by atoms with van der Waals surface area (Å²) in [6, 6.07) is 15.5. The SMILES string of the molecule is CNc1nc(SCc2ccnc3[nH]ccc23)c(C#N)c(-c2ccc(OCCO)cc2)c1C#N. The van der Waals surface area contributed by atoms with Crippen molar-refractivity contribution in [2.24, 2.45) is 0 Å². The third kappa shape index (κ3) is 4.46. The molecule has 0 radical (unpaired) electrons. The van der Waals surface area contributed by atoms with Gasteiger partial charge in [0.05, 0.1) is 12.2 Å². The molecule has 33 heavy (non-hydrogen) atoms. The Morgan fingerprint density at radius 2 is 1.91 bits per heavy atom. The van der Waals surface area contributed by atoms with E-state index in [1.54, 1.807) is 37.5 Å². The molecule has 4 aromatic rings. The van der Waals surface area contributed by atoms with Crippen LogP contribution in [0.3, 0.4) is 0 Å². The average Bonchev–Trinajstić information content (AvgIpc) is 3.35. The molecule has 3 N–H and O–H groups in total. The number of nitrogens with zero attached hydrogens (tertiary/aromatic N) is 4. The Bertz CT molecular complexity index is 1370. The predicted molar refractivity (Wildman–Crippen MR) is 127 cm³/mol. The zero-order chi connectivity index (χ0) is 23.2. The predicted octanol–water partition coefficient (Wildman–Crippen LogP) is 4.07. The molecule has 0 bridgehead atoms. The molecular weight excluding hydrogens is 436 g/mol. The molecule has 0 saturated heterocycles. The average molecular weight is 457 g/mol. The van der Waals surface area contributed by atoms with E-state index in [9.17, 15) is 10.5 Å². The van der Waals surface area contributed by atoms with Crippen LogP contribution in [0.5, 0.6) is 5.75 Å². The van der Waals surface area contributed by atoms with Crippen molar-refractivity contribution >= 4 is 28.6 Å². The van der Waals surface area contributed by atoms with Crippen LogP contribution in [0.15, 0.2) is 53.8 Å². The van der Waals surface area contributed by atoms with Gasteiger partial charge in [-0.3, -0.25) is 0 Å². The molecule has 0 fully saturated rings. The molecule has 164 valence electrons. The summed E-state index contributed by atoms with van der Waals surface area (Å²) < 4.78 is 5.43. The van der Waals surface area contributed by atoms with Crippen molar-refractivity contribution in [2.45, 2.75) is 10.8 Å². The Morgan fingerprint density at radius 3 is 2.61 bits per heavy atom. The molecule has 0 aliphatic carbocycles. The Morgan fingerprint density at radius 1 is 1.12 bits per heavy atom. The Kier molecular flexibility index (Phi) is 6.75. The molecule has 0 aliphatic rings. The number of rotatable bonds is 8. The molecule has 1 aromatic carbocycles. The van der Waals surface area contributed by atoms with Crippen LogP contribution in [0.1, 0.15) is 16.7 Å². The maximum atomic E-state index is 10.1. The molecule has 9 heteroatoms. The molecule has 4 rings (SSSR count). The normalized spacial score (nSPS) is 10.5. The van der Waals surface area contributed by atoms with Crippen molar-refractivity contribution < 1.29 is 9.84 Å². The highest BCUT2D eigenvalue weighted by Gasteiger charge is 2.21. The quantitative estimate of drug-likeness (QED) is 0.338. The number of H-pyrrole nitrogens is 1. The summed E-state index contributed by atoms with van der Waals surface area (Å²) in [6.45, 7) is 0.109. The first-order chi connectivity index (χ1) is 16.2. The van der Waals surface area contributed by atoms with E-state index in [1.807, 2.05) is 18.3 Å². The van der Waals surface area contributed by atoms with E-state index in [4.69, 9.17) is 9.84 Å². The molecule has 3 aromatic heterocycles. The number of hydrogen-bond donors (Lipinski definition) is 3. The molecule has 0 spiro atoms. The van der Waals surface area contributed by atoms with E-state index < -0.39 is 0 Å². The lowest BCUT2D eigenvalue weighted by molar-refractivity contribution is 0.201. The fourth-order valence-corrected chi connectivity index (χ4v) is 4.51. The van der Waals surface area contributed by atoms with E-state index in [-0.39, 0.29) is 13.2 Å². The first-order valence-corrected chi connectivity index (χ1v) is 11.1. The van der Waals surface area contributed by atoms with Gasteiger partial charge >= 0.3 is 0 Å². The van der Waals surface area contributed by atoms with Gasteiger partial charge in [0, 0.05) is 36.1 Å². The number of ether oxygens (including phenoxy) is 1. The molecule has 0 unspecified atom stereocenters. The number of fused-ring (bicyclic) bond motifs is 1. The van der Waals surface area contributed by atoms with Crippen LogP contribution in [-0.4, -0.2) is 40.3 Å². The van der Waals surface area contributed by atoms with Crippen molar-refractivity contribution in [1.82, 2.24) is 15.0 Å².